The van der Waals surface area contributed by atoms with Crippen molar-refractivity contribution in [1.29, 1.82) is 0 Å². The van der Waals surface area contributed by atoms with Gasteiger partial charge in [0.1, 0.15) is 5.82 Å². The standard InChI is InChI=1S/C16H9F4NO4/c17-11-6-7-13(21(23)24)14(8-11)25-15(22)9-12(16(18,19)20)10-4-2-1-3-5-10/h1-9H/b12-9-. The quantitative estimate of drug-likeness (QED) is 0.205. The van der Waals surface area contributed by atoms with Crippen molar-refractivity contribution in [3.8, 4) is 5.75 Å². The number of benzene rings is 2. The van der Waals surface area contributed by atoms with Crippen molar-refractivity contribution in [3.05, 3.63) is 76.1 Å². The second-order valence-corrected chi connectivity index (χ2v) is 4.71. The van der Waals surface area contributed by atoms with Crippen LogP contribution in [-0.4, -0.2) is 17.1 Å². The van der Waals surface area contributed by atoms with Crippen LogP contribution in [0.4, 0.5) is 23.2 Å². The third-order valence-corrected chi connectivity index (χ3v) is 2.98. The largest absolute Gasteiger partial charge is 0.417 e. The third kappa shape index (κ3) is 4.63. The molecule has 0 radical (unpaired) electrons. The lowest BCUT2D eigenvalue weighted by molar-refractivity contribution is -0.385. The van der Waals surface area contributed by atoms with E-state index in [0.717, 1.165) is 24.3 Å². The van der Waals surface area contributed by atoms with Crippen LogP contribution in [0.25, 0.3) is 5.57 Å². The smallest absolute Gasteiger partial charge is 0.416 e. The van der Waals surface area contributed by atoms with E-state index < -0.39 is 39.9 Å². The molecule has 5 nitrogen and oxygen atoms in total. The van der Waals surface area contributed by atoms with Crippen LogP contribution in [-0.2, 0) is 4.79 Å². The number of carbonyl (C=O) groups excluding carboxylic acids is 1. The van der Waals surface area contributed by atoms with Crippen molar-refractivity contribution in [3.63, 3.8) is 0 Å². The van der Waals surface area contributed by atoms with Crippen LogP contribution < -0.4 is 4.74 Å². The monoisotopic (exact) mass is 355 g/mol. The molecular formula is C16H9F4NO4. The molecule has 0 aliphatic heterocycles. The van der Waals surface area contributed by atoms with Crippen LogP contribution >= 0.6 is 0 Å². The zero-order valence-electron chi connectivity index (χ0n) is 12.3. The molecule has 0 fully saturated rings. The van der Waals surface area contributed by atoms with Crippen LogP contribution in [0.5, 0.6) is 5.75 Å². The molecule has 0 atom stereocenters. The van der Waals surface area contributed by atoms with Crippen LogP contribution in [0.3, 0.4) is 0 Å². The minimum Gasteiger partial charge on any atom is -0.416 e. The first kappa shape index (κ1) is 18.1. The Kier molecular flexibility index (Phi) is 5.16. The molecule has 2 aromatic carbocycles. The van der Waals surface area contributed by atoms with Crippen molar-refractivity contribution in [2.75, 3.05) is 0 Å². The second-order valence-electron chi connectivity index (χ2n) is 4.71. The van der Waals surface area contributed by atoms with Gasteiger partial charge in [0, 0.05) is 18.2 Å². The van der Waals surface area contributed by atoms with Gasteiger partial charge in [-0.3, -0.25) is 10.1 Å². The van der Waals surface area contributed by atoms with Crippen molar-refractivity contribution in [2.45, 2.75) is 6.18 Å². The van der Waals surface area contributed by atoms with E-state index in [4.69, 9.17) is 0 Å². The number of alkyl halides is 3. The number of nitrogens with zero attached hydrogens (tertiary/aromatic N) is 1. The molecule has 25 heavy (non-hydrogen) atoms. The predicted molar refractivity (Wildman–Crippen MR) is 79.2 cm³/mol. The van der Waals surface area contributed by atoms with E-state index in [1.807, 2.05) is 0 Å². The van der Waals surface area contributed by atoms with Gasteiger partial charge in [0.05, 0.1) is 10.5 Å². The zero-order valence-corrected chi connectivity index (χ0v) is 12.3. The Morgan fingerprint density at radius 3 is 2.32 bits per heavy atom. The third-order valence-electron chi connectivity index (χ3n) is 2.98. The lowest BCUT2D eigenvalue weighted by Crippen LogP contribution is -2.15. The molecular weight excluding hydrogens is 346 g/mol. The van der Waals surface area contributed by atoms with E-state index in [9.17, 15) is 32.5 Å². The number of ether oxygens (including phenoxy) is 1. The van der Waals surface area contributed by atoms with Gasteiger partial charge in [0.25, 0.3) is 0 Å². The zero-order chi connectivity index (χ0) is 18.6. The topological polar surface area (TPSA) is 69.4 Å². The number of carbonyl (C=O) groups is 1. The summed E-state index contributed by atoms with van der Waals surface area (Å²) in [4.78, 5) is 21.6. The maximum Gasteiger partial charge on any atom is 0.417 e. The van der Waals surface area contributed by atoms with Gasteiger partial charge in [0.15, 0.2) is 0 Å². The summed E-state index contributed by atoms with van der Waals surface area (Å²) in [5, 5.41) is 10.8. The molecule has 130 valence electrons. The van der Waals surface area contributed by atoms with E-state index in [-0.39, 0.29) is 11.6 Å². The number of hydrogen-bond acceptors (Lipinski definition) is 4. The Labute approximate surface area is 138 Å². The van der Waals surface area contributed by atoms with Gasteiger partial charge in [-0.1, -0.05) is 30.3 Å². The maximum absolute atomic E-state index is 13.2. The Balaban J connectivity index is 2.38. The number of allylic oxidation sites excluding steroid dienone is 1. The molecule has 0 spiro atoms. The molecule has 2 rings (SSSR count). The highest BCUT2D eigenvalue weighted by molar-refractivity contribution is 5.94. The average molecular weight is 355 g/mol. The molecule has 0 bridgehead atoms. The summed E-state index contributed by atoms with van der Waals surface area (Å²) in [6.07, 6.45) is -4.71. The average Bonchev–Trinajstić information content (AvgIpc) is 2.52. The van der Waals surface area contributed by atoms with Crippen molar-refractivity contribution in [1.82, 2.24) is 0 Å². The molecule has 0 amide bonds. The summed E-state index contributed by atoms with van der Waals surface area (Å²) >= 11 is 0. The fourth-order valence-electron chi connectivity index (χ4n) is 1.92. The van der Waals surface area contributed by atoms with E-state index >= 15 is 0 Å². The van der Waals surface area contributed by atoms with Crippen LogP contribution in [0.15, 0.2) is 54.6 Å². The highest BCUT2D eigenvalue weighted by atomic mass is 19.4. The fraction of sp³-hybridized carbons (Fsp3) is 0.0625. The summed E-state index contributed by atoms with van der Waals surface area (Å²) in [7, 11) is 0. The summed E-state index contributed by atoms with van der Waals surface area (Å²) in [5.74, 6) is -3.26. The number of hydrogen-bond donors (Lipinski definition) is 0. The van der Waals surface area contributed by atoms with E-state index in [1.165, 1.54) is 18.2 Å². The highest BCUT2D eigenvalue weighted by Crippen LogP contribution is 2.34. The summed E-state index contributed by atoms with van der Waals surface area (Å²) in [6, 6.07) is 8.50. The van der Waals surface area contributed by atoms with Crippen molar-refractivity contribution < 1.29 is 32.0 Å². The van der Waals surface area contributed by atoms with Gasteiger partial charge >= 0.3 is 17.8 Å². The van der Waals surface area contributed by atoms with E-state index in [0.29, 0.717) is 6.07 Å². The molecule has 0 aliphatic carbocycles. The summed E-state index contributed by atoms with van der Waals surface area (Å²) in [6.45, 7) is 0. The number of nitro groups is 1. The molecule has 2 aromatic rings. The maximum atomic E-state index is 13.2. The predicted octanol–water partition coefficient (Wildman–Crippen LogP) is 4.29. The van der Waals surface area contributed by atoms with Gasteiger partial charge in [-0.05, 0) is 11.6 Å². The van der Waals surface area contributed by atoms with E-state index in [1.54, 1.807) is 0 Å². The van der Waals surface area contributed by atoms with Crippen LogP contribution in [0.2, 0.25) is 0 Å². The molecule has 0 saturated carbocycles. The number of esters is 1. The highest BCUT2D eigenvalue weighted by Gasteiger charge is 2.35. The molecule has 0 unspecified atom stereocenters. The molecule has 0 N–H and O–H groups in total. The lowest BCUT2D eigenvalue weighted by atomic mass is 10.1. The van der Waals surface area contributed by atoms with Crippen molar-refractivity contribution >= 4 is 17.2 Å². The Morgan fingerprint density at radius 1 is 1.12 bits per heavy atom. The van der Waals surface area contributed by atoms with Gasteiger partial charge in [-0.2, -0.15) is 13.2 Å². The first-order valence-electron chi connectivity index (χ1n) is 6.68. The minimum absolute atomic E-state index is 0.157. The molecule has 0 aliphatic rings. The molecule has 0 aromatic heterocycles. The SMILES string of the molecule is O=C(/C=C(/c1ccccc1)C(F)(F)F)Oc1cc(F)ccc1[N+](=O)[O-]. The van der Waals surface area contributed by atoms with Crippen molar-refractivity contribution in [2.24, 2.45) is 0 Å². The van der Waals surface area contributed by atoms with Crippen LogP contribution in [0.1, 0.15) is 5.56 Å². The number of halogens is 4. The normalized spacial score (nSPS) is 11.9. The molecule has 0 heterocycles. The van der Waals surface area contributed by atoms with Gasteiger partial charge in [0.2, 0.25) is 5.75 Å². The Hall–Kier alpha value is -3.23. The molecule has 0 saturated heterocycles. The molecule has 9 heteroatoms. The summed E-state index contributed by atoms with van der Waals surface area (Å²) in [5.41, 5.74) is -2.34. The number of rotatable bonds is 4. The first-order valence-corrected chi connectivity index (χ1v) is 6.68. The summed E-state index contributed by atoms with van der Waals surface area (Å²) < 4.78 is 57.1. The minimum atomic E-state index is -4.87. The van der Waals surface area contributed by atoms with Gasteiger partial charge in [-0.15, -0.1) is 0 Å². The van der Waals surface area contributed by atoms with Crippen LogP contribution in [0, 0.1) is 15.9 Å². The fourth-order valence-corrected chi connectivity index (χ4v) is 1.92. The lowest BCUT2D eigenvalue weighted by Gasteiger charge is -2.11. The Bertz CT molecular complexity index is 832. The van der Waals surface area contributed by atoms with E-state index in [2.05, 4.69) is 4.74 Å². The van der Waals surface area contributed by atoms with Gasteiger partial charge in [-0.25, -0.2) is 9.18 Å². The first-order chi connectivity index (χ1) is 11.7. The van der Waals surface area contributed by atoms with Gasteiger partial charge < -0.3 is 4.74 Å². The second kappa shape index (κ2) is 7.12. The Morgan fingerprint density at radius 2 is 1.76 bits per heavy atom. The number of nitro benzene ring substituents is 1.